The van der Waals surface area contributed by atoms with Gasteiger partial charge in [-0.05, 0) is 45.3 Å². The maximum absolute atomic E-state index is 12.6. The van der Waals surface area contributed by atoms with Gasteiger partial charge in [0.1, 0.15) is 0 Å². The van der Waals surface area contributed by atoms with E-state index in [1.165, 1.54) is 23.9 Å². The zero-order chi connectivity index (χ0) is 18.1. The normalized spacial score (nSPS) is 10.4. The summed E-state index contributed by atoms with van der Waals surface area (Å²) in [7, 11) is 1.52. The van der Waals surface area contributed by atoms with Crippen molar-refractivity contribution in [1.29, 1.82) is 0 Å². The van der Waals surface area contributed by atoms with Crippen LogP contribution in [0.2, 0.25) is 5.02 Å². The Morgan fingerprint density at radius 2 is 1.92 bits per heavy atom. The van der Waals surface area contributed by atoms with Gasteiger partial charge in [0.05, 0.1) is 10.0 Å². The van der Waals surface area contributed by atoms with E-state index >= 15 is 0 Å². The molecule has 1 radical (unpaired) electrons. The van der Waals surface area contributed by atoms with E-state index in [4.69, 9.17) is 11.6 Å². The summed E-state index contributed by atoms with van der Waals surface area (Å²) in [5.41, 5.74) is 0.220. The van der Waals surface area contributed by atoms with Gasteiger partial charge in [0.2, 0.25) is 0 Å². The maximum Gasteiger partial charge on any atom is 0.255 e. The van der Waals surface area contributed by atoms with E-state index in [0.29, 0.717) is 5.02 Å². The standard InChI is InChI=1S/C17H13BrClN3O3.Y/c1-22-15-11(6-13(18)17(22)25)14(23)12(8-20-15)16(24)21-7-9-2-4-10(19)5-3-9;/h2-6,8H,7H2,1H3,(H2,20,21,23,24,25);/p-1. The summed E-state index contributed by atoms with van der Waals surface area (Å²) >= 11 is 8.94. The van der Waals surface area contributed by atoms with Crippen LogP contribution < -0.4 is 21.3 Å². The van der Waals surface area contributed by atoms with Gasteiger partial charge in [0.25, 0.3) is 5.91 Å². The Bertz CT molecular complexity index is 1090. The molecular weight excluding hydrogens is 498 g/mol. The number of aromatic nitrogens is 2. The van der Waals surface area contributed by atoms with Gasteiger partial charge in [-0.3, -0.25) is 14.4 Å². The van der Waals surface area contributed by atoms with Gasteiger partial charge in [-0.2, -0.15) is 0 Å². The second kappa shape index (κ2) is 8.61. The van der Waals surface area contributed by atoms with E-state index in [2.05, 4.69) is 26.2 Å². The third-order valence-electron chi connectivity index (χ3n) is 3.75. The summed E-state index contributed by atoms with van der Waals surface area (Å²) in [5.74, 6) is -0.528. The minimum Gasteiger partial charge on any atom is -0.441 e. The largest absolute Gasteiger partial charge is 0.441 e. The Labute approximate surface area is 187 Å². The number of halogens is 2. The molecule has 2 heterocycles. The molecule has 9 heteroatoms. The van der Waals surface area contributed by atoms with E-state index in [0.717, 1.165) is 5.56 Å². The minimum absolute atomic E-state index is 0. The molecule has 0 atom stereocenters. The molecule has 1 N–H and O–H groups in total. The fourth-order valence-electron chi connectivity index (χ4n) is 2.38. The molecule has 3 aromatic rings. The number of pyridine rings is 2. The summed E-state index contributed by atoms with van der Waals surface area (Å²) in [6, 6.07) is 8.40. The number of aryl methyl sites for hydroxylation is 1. The third kappa shape index (κ3) is 4.17. The van der Waals surface area contributed by atoms with Crippen LogP contribution in [0.5, 0.6) is 0 Å². The minimum atomic E-state index is -0.528. The number of amides is 1. The Kier molecular flexibility index (Phi) is 6.96. The van der Waals surface area contributed by atoms with Crippen molar-refractivity contribution in [2.24, 2.45) is 7.05 Å². The molecule has 3 rings (SSSR count). The molecule has 0 unspecified atom stereocenters. The second-order valence-electron chi connectivity index (χ2n) is 5.40. The molecule has 1 aromatic carbocycles. The molecule has 0 aliphatic heterocycles. The van der Waals surface area contributed by atoms with Crippen molar-refractivity contribution in [2.75, 3.05) is 0 Å². The van der Waals surface area contributed by atoms with Gasteiger partial charge in [0, 0.05) is 49.7 Å². The quantitative estimate of drug-likeness (QED) is 0.586. The van der Waals surface area contributed by atoms with Crippen molar-refractivity contribution in [1.82, 2.24) is 14.9 Å². The van der Waals surface area contributed by atoms with E-state index in [1.54, 1.807) is 24.3 Å². The van der Waals surface area contributed by atoms with Gasteiger partial charge in [-0.15, -0.1) is 0 Å². The zero-order valence-corrected chi connectivity index (χ0v) is 18.8. The Morgan fingerprint density at radius 1 is 1.27 bits per heavy atom. The molecule has 0 spiro atoms. The van der Waals surface area contributed by atoms with E-state index in [9.17, 15) is 14.4 Å². The van der Waals surface area contributed by atoms with Gasteiger partial charge < -0.3 is 14.9 Å². The second-order valence-corrected chi connectivity index (χ2v) is 6.69. The molecule has 1 amide bonds. The summed E-state index contributed by atoms with van der Waals surface area (Å²) in [6.45, 7) is 0.254. The predicted octanol–water partition coefficient (Wildman–Crippen LogP) is 2.20. The van der Waals surface area contributed by atoms with E-state index < -0.39 is 11.3 Å². The molecule has 0 fully saturated rings. The number of fused-ring (bicyclic) bond motifs is 1. The summed E-state index contributed by atoms with van der Waals surface area (Å²) < 4.78 is 1.50. The number of hydrogen-bond acceptors (Lipinski definition) is 3. The Morgan fingerprint density at radius 3 is 2.58 bits per heavy atom. The SMILES string of the molecule is Cn1c(=O)c(Br)cc2c(=O)c(C(=O)NCc3ccc(Cl)cc3)c[n-]c21.[Y]. The molecule has 0 saturated carbocycles. The molecule has 0 bridgehead atoms. The topological polar surface area (TPSA) is 82.3 Å². The molecule has 131 valence electrons. The molecule has 26 heavy (non-hydrogen) atoms. The average molecular weight is 511 g/mol. The van der Waals surface area contributed by atoms with Crippen LogP contribution in [0.25, 0.3) is 11.0 Å². The first-order chi connectivity index (χ1) is 11.9. The Balaban J connectivity index is 0.00000243. The van der Waals surface area contributed by atoms with Crippen LogP contribution in [0.15, 0.2) is 50.6 Å². The fourth-order valence-corrected chi connectivity index (χ4v) is 3.01. The number of carbonyl (C=O) groups excluding carboxylic acids is 1. The van der Waals surface area contributed by atoms with Crippen molar-refractivity contribution < 1.29 is 37.5 Å². The number of nitrogens with one attached hydrogen (secondary N) is 1. The van der Waals surface area contributed by atoms with Gasteiger partial charge in [-0.1, -0.05) is 37.0 Å². The average Bonchev–Trinajstić information content (AvgIpc) is 2.60. The van der Waals surface area contributed by atoms with Crippen LogP contribution in [0.1, 0.15) is 15.9 Å². The number of benzene rings is 1. The first-order valence-corrected chi connectivity index (χ1v) is 8.43. The van der Waals surface area contributed by atoms with Crippen molar-refractivity contribution in [3.05, 3.63) is 77.7 Å². The molecule has 2 aromatic heterocycles. The first kappa shape index (κ1) is 21.0. The van der Waals surface area contributed by atoms with Gasteiger partial charge in [-0.25, -0.2) is 0 Å². The van der Waals surface area contributed by atoms with Crippen LogP contribution in [-0.4, -0.2) is 10.5 Å². The van der Waals surface area contributed by atoms with Crippen LogP contribution >= 0.6 is 27.5 Å². The van der Waals surface area contributed by atoms with E-state index in [1.807, 2.05) is 0 Å². The number of rotatable bonds is 3. The molecule has 0 saturated heterocycles. The zero-order valence-electron chi connectivity index (χ0n) is 13.6. The van der Waals surface area contributed by atoms with Gasteiger partial charge >= 0.3 is 0 Å². The first-order valence-electron chi connectivity index (χ1n) is 7.26. The summed E-state index contributed by atoms with van der Waals surface area (Å²) in [4.78, 5) is 40.9. The fraction of sp³-hybridized carbons (Fsp3) is 0.118. The van der Waals surface area contributed by atoms with Crippen LogP contribution in [0, 0.1) is 0 Å². The van der Waals surface area contributed by atoms with Crippen molar-refractivity contribution in [3.63, 3.8) is 0 Å². The summed E-state index contributed by atoms with van der Waals surface area (Å²) in [5, 5.41) is 3.48. The monoisotopic (exact) mass is 509 g/mol. The van der Waals surface area contributed by atoms with Crippen molar-refractivity contribution in [3.8, 4) is 0 Å². The van der Waals surface area contributed by atoms with Crippen molar-refractivity contribution >= 4 is 44.5 Å². The van der Waals surface area contributed by atoms with Crippen LogP contribution in [-0.2, 0) is 46.3 Å². The smallest absolute Gasteiger partial charge is 0.255 e. The predicted molar refractivity (Wildman–Crippen MR) is 99.1 cm³/mol. The van der Waals surface area contributed by atoms with Crippen molar-refractivity contribution in [2.45, 2.75) is 6.54 Å². The molecule has 0 aliphatic rings. The van der Waals surface area contributed by atoms with Crippen LogP contribution in [0.4, 0.5) is 0 Å². The third-order valence-corrected chi connectivity index (χ3v) is 4.57. The molecular formula is C17H12BrClN3O3Y-. The maximum atomic E-state index is 12.6. The number of hydrogen-bond donors (Lipinski definition) is 1. The van der Waals surface area contributed by atoms with Gasteiger partial charge in [0.15, 0.2) is 11.0 Å². The number of nitrogens with zero attached hydrogens (tertiary/aromatic N) is 2. The van der Waals surface area contributed by atoms with E-state index in [-0.39, 0.29) is 65.9 Å². The molecule has 6 nitrogen and oxygen atoms in total. The summed E-state index contributed by atoms with van der Waals surface area (Å²) in [6.07, 6.45) is 1.19. The number of carbonyl (C=O) groups is 1. The molecule has 0 aliphatic carbocycles. The van der Waals surface area contributed by atoms with Crippen LogP contribution in [0.3, 0.4) is 0 Å². The Hall–Kier alpha value is -1.28.